The van der Waals surface area contributed by atoms with E-state index in [0.717, 1.165) is 35.1 Å². The maximum Gasteiger partial charge on any atom is 0.407 e. The molecule has 9 heteroatoms. The van der Waals surface area contributed by atoms with Crippen molar-refractivity contribution in [3.05, 3.63) is 59.7 Å². The van der Waals surface area contributed by atoms with E-state index in [0.29, 0.717) is 6.54 Å². The second-order valence-electron chi connectivity index (χ2n) is 9.06. The molecule has 2 aliphatic rings. The number of nitrogens with one attached hydrogen (secondary N) is 3. The topological polar surface area (TPSA) is 134 Å². The molecule has 3 amide bonds. The average molecular weight is 480 g/mol. The van der Waals surface area contributed by atoms with Gasteiger partial charge in [-0.2, -0.15) is 0 Å². The fourth-order valence-electron chi connectivity index (χ4n) is 4.82. The van der Waals surface area contributed by atoms with Crippen molar-refractivity contribution in [1.82, 2.24) is 16.0 Å². The Morgan fingerprint density at radius 2 is 1.37 bits per heavy atom. The van der Waals surface area contributed by atoms with Crippen molar-refractivity contribution < 1.29 is 29.0 Å². The van der Waals surface area contributed by atoms with E-state index in [9.17, 15) is 19.2 Å². The average Bonchev–Trinajstić information content (AvgIpc) is 3.15. The number of amides is 3. The van der Waals surface area contributed by atoms with Gasteiger partial charge in [0.15, 0.2) is 0 Å². The lowest BCUT2D eigenvalue weighted by atomic mass is 9.73. The fourth-order valence-corrected chi connectivity index (χ4v) is 4.82. The molecule has 0 radical (unpaired) electrons. The number of carbonyl (C=O) groups is 4. The minimum Gasteiger partial charge on any atom is -0.481 e. The van der Waals surface area contributed by atoms with E-state index in [1.165, 1.54) is 0 Å². The van der Waals surface area contributed by atoms with Gasteiger partial charge >= 0.3 is 12.1 Å². The van der Waals surface area contributed by atoms with Crippen LogP contribution < -0.4 is 16.0 Å². The van der Waals surface area contributed by atoms with Crippen LogP contribution in [-0.2, 0) is 19.1 Å². The van der Waals surface area contributed by atoms with Crippen LogP contribution in [0.2, 0.25) is 0 Å². The molecule has 0 aromatic heterocycles. The van der Waals surface area contributed by atoms with Gasteiger partial charge in [0.2, 0.25) is 11.8 Å². The summed E-state index contributed by atoms with van der Waals surface area (Å²) in [5.41, 5.74) is 4.47. The molecule has 2 aromatic rings. The Morgan fingerprint density at radius 3 is 2.00 bits per heavy atom. The summed E-state index contributed by atoms with van der Waals surface area (Å²) in [6.45, 7) is 0.112. The maximum atomic E-state index is 12.1. The van der Waals surface area contributed by atoms with Crippen molar-refractivity contribution in [1.29, 1.82) is 0 Å². The number of carboxylic acids is 1. The third-order valence-corrected chi connectivity index (χ3v) is 6.57. The number of rotatable bonds is 10. The summed E-state index contributed by atoms with van der Waals surface area (Å²) in [6, 6.07) is 16.0. The molecule has 2 aromatic carbocycles. The monoisotopic (exact) mass is 479 g/mol. The van der Waals surface area contributed by atoms with E-state index >= 15 is 0 Å². The lowest BCUT2D eigenvalue weighted by Crippen LogP contribution is -2.44. The molecule has 35 heavy (non-hydrogen) atoms. The van der Waals surface area contributed by atoms with E-state index < -0.39 is 18.0 Å². The Kier molecular flexibility index (Phi) is 7.64. The molecule has 0 spiro atoms. The maximum absolute atomic E-state index is 12.1. The number of benzene rings is 2. The first kappa shape index (κ1) is 24.3. The summed E-state index contributed by atoms with van der Waals surface area (Å²) in [4.78, 5) is 46.7. The van der Waals surface area contributed by atoms with Crippen LogP contribution in [0.5, 0.6) is 0 Å². The van der Waals surface area contributed by atoms with Crippen LogP contribution in [0.15, 0.2) is 48.5 Å². The van der Waals surface area contributed by atoms with Gasteiger partial charge in [0.1, 0.15) is 13.2 Å². The highest BCUT2D eigenvalue weighted by atomic mass is 16.5. The Balaban J connectivity index is 1.12. The van der Waals surface area contributed by atoms with Crippen molar-refractivity contribution in [2.45, 2.75) is 25.2 Å². The van der Waals surface area contributed by atoms with Crippen molar-refractivity contribution in [2.75, 3.05) is 26.2 Å². The number of fused-ring (bicyclic) bond motifs is 3. The van der Waals surface area contributed by atoms with Gasteiger partial charge in [-0.15, -0.1) is 0 Å². The standard InChI is InChI=1S/C26H29N3O6/c30-23(27-12-17-9-16(10-17)11-25(32)33)13-28-24(31)14-29-26(34)35-15-22-20-7-3-1-5-18(20)19-6-2-4-8-21(19)22/h1-8,16-17,22H,9-15H2,(H,27,30)(H,28,31)(H,29,34)(H,32,33). The molecule has 0 heterocycles. The molecule has 0 bridgehead atoms. The van der Waals surface area contributed by atoms with Crippen molar-refractivity contribution in [3.63, 3.8) is 0 Å². The van der Waals surface area contributed by atoms with Gasteiger partial charge < -0.3 is 25.8 Å². The van der Waals surface area contributed by atoms with E-state index in [1.807, 2.05) is 36.4 Å². The second kappa shape index (κ2) is 11.0. The number of hydrogen-bond donors (Lipinski definition) is 4. The molecule has 0 atom stereocenters. The van der Waals surface area contributed by atoms with Gasteiger partial charge in [-0.1, -0.05) is 48.5 Å². The van der Waals surface area contributed by atoms with Gasteiger partial charge in [-0.25, -0.2) is 4.79 Å². The number of hydrogen-bond acceptors (Lipinski definition) is 5. The SMILES string of the molecule is O=C(O)CC1CC(CNC(=O)CNC(=O)CNC(=O)OCC2c3ccccc3-c3ccccc32)C1. The highest BCUT2D eigenvalue weighted by Gasteiger charge is 2.31. The second-order valence-corrected chi connectivity index (χ2v) is 9.06. The molecule has 0 unspecified atom stereocenters. The van der Waals surface area contributed by atoms with Crippen LogP contribution in [0, 0.1) is 11.8 Å². The van der Waals surface area contributed by atoms with Crippen LogP contribution in [0.1, 0.15) is 36.3 Å². The first-order valence-corrected chi connectivity index (χ1v) is 11.7. The summed E-state index contributed by atoms with van der Waals surface area (Å²) in [5.74, 6) is -1.25. The minimum atomic E-state index is -0.799. The molecule has 4 rings (SSSR count). The van der Waals surface area contributed by atoms with E-state index in [4.69, 9.17) is 9.84 Å². The molecular formula is C26H29N3O6. The molecule has 0 saturated heterocycles. The van der Waals surface area contributed by atoms with Crippen LogP contribution >= 0.6 is 0 Å². The van der Waals surface area contributed by atoms with Gasteiger partial charge in [0.25, 0.3) is 0 Å². The third-order valence-electron chi connectivity index (χ3n) is 6.57. The van der Waals surface area contributed by atoms with Crippen molar-refractivity contribution in [3.8, 4) is 11.1 Å². The summed E-state index contributed by atoms with van der Waals surface area (Å²) in [7, 11) is 0. The highest BCUT2D eigenvalue weighted by molar-refractivity contribution is 5.87. The van der Waals surface area contributed by atoms with Crippen LogP contribution in [-0.4, -0.2) is 55.2 Å². The largest absolute Gasteiger partial charge is 0.481 e. The molecular weight excluding hydrogens is 450 g/mol. The predicted molar refractivity (Wildman–Crippen MR) is 128 cm³/mol. The van der Waals surface area contributed by atoms with Gasteiger partial charge in [-0.3, -0.25) is 14.4 Å². The molecule has 9 nitrogen and oxygen atoms in total. The Hall–Kier alpha value is -3.88. The summed E-state index contributed by atoms with van der Waals surface area (Å²) >= 11 is 0. The lowest BCUT2D eigenvalue weighted by molar-refractivity contribution is -0.139. The van der Waals surface area contributed by atoms with Gasteiger partial charge in [0.05, 0.1) is 6.54 Å². The predicted octanol–water partition coefficient (Wildman–Crippen LogP) is 2.26. The van der Waals surface area contributed by atoms with E-state index in [1.54, 1.807) is 0 Å². The molecule has 184 valence electrons. The molecule has 1 saturated carbocycles. The number of aliphatic carboxylic acids is 1. The highest BCUT2D eigenvalue weighted by Crippen LogP contribution is 2.44. The number of ether oxygens (including phenoxy) is 1. The van der Waals surface area contributed by atoms with Crippen LogP contribution in [0.25, 0.3) is 11.1 Å². The Labute approximate surface area is 203 Å². The molecule has 2 aliphatic carbocycles. The fraction of sp³-hybridized carbons (Fsp3) is 0.385. The quantitative estimate of drug-likeness (QED) is 0.413. The zero-order valence-electron chi connectivity index (χ0n) is 19.3. The normalized spacial score (nSPS) is 17.9. The first-order chi connectivity index (χ1) is 16.9. The summed E-state index contributed by atoms with van der Waals surface area (Å²) in [5, 5.41) is 16.4. The van der Waals surface area contributed by atoms with E-state index in [-0.39, 0.29) is 49.8 Å². The minimum absolute atomic E-state index is 0.0688. The van der Waals surface area contributed by atoms with Crippen molar-refractivity contribution >= 4 is 23.9 Å². The smallest absolute Gasteiger partial charge is 0.407 e. The third kappa shape index (κ3) is 6.17. The zero-order valence-corrected chi connectivity index (χ0v) is 19.3. The van der Waals surface area contributed by atoms with Gasteiger partial charge in [0, 0.05) is 18.9 Å². The number of alkyl carbamates (subject to hydrolysis) is 1. The van der Waals surface area contributed by atoms with Crippen LogP contribution in [0.4, 0.5) is 4.79 Å². The first-order valence-electron chi connectivity index (χ1n) is 11.7. The zero-order chi connectivity index (χ0) is 24.8. The van der Waals surface area contributed by atoms with Gasteiger partial charge in [-0.05, 0) is 46.9 Å². The Morgan fingerprint density at radius 1 is 0.800 bits per heavy atom. The molecule has 4 N–H and O–H groups in total. The summed E-state index contributed by atoms with van der Waals surface area (Å²) < 4.78 is 5.39. The van der Waals surface area contributed by atoms with E-state index in [2.05, 4.69) is 28.1 Å². The number of carbonyl (C=O) groups excluding carboxylic acids is 3. The van der Waals surface area contributed by atoms with Crippen molar-refractivity contribution in [2.24, 2.45) is 11.8 Å². The Bertz CT molecular complexity index is 1070. The number of carboxylic acid groups (broad SMARTS) is 1. The van der Waals surface area contributed by atoms with Crippen LogP contribution in [0.3, 0.4) is 0 Å². The molecule has 0 aliphatic heterocycles. The summed E-state index contributed by atoms with van der Waals surface area (Å²) in [6.07, 6.45) is 1.02. The molecule has 1 fully saturated rings. The lowest BCUT2D eigenvalue weighted by Gasteiger charge is -2.34.